The van der Waals surface area contributed by atoms with Gasteiger partial charge in [-0.25, -0.2) is 13.4 Å². The first-order valence-corrected chi connectivity index (χ1v) is 7.62. The zero-order valence-electron chi connectivity index (χ0n) is 11.5. The summed E-state index contributed by atoms with van der Waals surface area (Å²) in [5, 5.41) is 0. The van der Waals surface area contributed by atoms with Gasteiger partial charge in [0.2, 0.25) is 0 Å². The van der Waals surface area contributed by atoms with Crippen LogP contribution in [0.2, 0.25) is 0 Å². The number of anilines is 1. The van der Waals surface area contributed by atoms with Gasteiger partial charge in [0.25, 0.3) is 10.0 Å². The van der Waals surface area contributed by atoms with Crippen molar-refractivity contribution in [2.24, 2.45) is 0 Å². The molecule has 0 unspecified atom stereocenters. The monoisotopic (exact) mass is 370 g/mol. The Hall–Kier alpha value is -2.30. The van der Waals surface area contributed by atoms with Crippen LogP contribution < -0.4 is 4.72 Å². The Bertz CT molecular complexity index is 832. The van der Waals surface area contributed by atoms with Gasteiger partial charge < -0.3 is 0 Å². The Morgan fingerprint density at radius 1 is 0.875 bits per heavy atom. The van der Waals surface area contributed by atoms with Crippen molar-refractivity contribution in [3.63, 3.8) is 0 Å². The Morgan fingerprint density at radius 2 is 1.42 bits per heavy atom. The molecular weight excluding hydrogens is 362 g/mol. The summed E-state index contributed by atoms with van der Waals surface area (Å²) in [6, 6.07) is 6.58. The molecule has 24 heavy (non-hydrogen) atoms. The molecule has 0 spiro atoms. The van der Waals surface area contributed by atoms with Gasteiger partial charge in [0, 0.05) is 6.20 Å². The average molecular weight is 370 g/mol. The van der Waals surface area contributed by atoms with Crippen molar-refractivity contribution < 1.29 is 34.8 Å². The van der Waals surface area contributed by atoms with E-state index in [0.29, 0.717) is 0 Å². The minimum absolute atomic E-state index is 0.00329. The van der Waals surface area contributed by atoms with Crippen molar-refractivity contribution in [3.8, 4) is 0 Å². The summed E-state index contributed by atoms with van der Waals surface area (Å²) >= 11 is 0. The lowest BCUT2D eigenvalue weighted by molar-refractivity contribution is -0.162. The van der Waals surface area contributed by atoms with Crippen LogP contribution in [0.15, 0.2) is 47.5 Å². The number of sulfonamides is 1. The van der Waals surface area contributed by atoms with E-state index in [9.17, 15) is 34.8 Å². The molecule has 0 saturated heterocycles. The molecule has 1 N–H and O–H groups in total. The highest BCUT2D eigenvalue weighted by atomic mass is 32.2. The van der Waals surface area contributed by atoms with Crippen molar-refractivity contribution in [3.05, 3.63) is 53.7 Å². The van der Waals surface area contributed by atoms with E-state index in [1.807, 2.05) is 0 Å². The molecule has 130 valence electrons. The summed E-state index contributed by atoms with van der Waals surface area (Å²) in [6.07, 6.45) is -10.7. The van der Waals surface area contributed by atoms with Crippen LogP contribution in [0.4, 0.5) is 32.2 Å². The number of hydrogen-bond donors (Lipinski definition) is 1. The van der Waals surface area contributed by atoms with Crippen LogP contribution >= 0.6 is 0 Å². The smallest absolute Gasteiger partial charge is 0.263 e. The molecule has 2 rings (SSSR count). The summed E-state index contributed by atoms with van der Waals surface area (Å²) in [7, 11) is -4.29. The molecule has 0 aliphatic heterocycles. The highest BCUT2D eigenvalue weighted by Crippen LogP contribution is 2.40. The summed E-state index contributed by atoms with van der Waals surface area (Å²) in [5.41, 5.74) is -4.03. The van der Waals surface area contributed by atoms with Gasteiger partial charge in [-0.05, 0) is 18.2 Å². The molecule has 4 nitrogen and oxygen atoms in total. The second-order valence-corrected chi connectivity index (χ2v) is 6.21. The van der Waals surface area contributed by atoms with Gasteiger partial charge in [-0.1, -0.05) is 18.2 Å². The molecule has 0 saturated carbocycles. The molecule has 0 bridgehead atoms. The summed E-state index contributed by atoms with van der Waals surface area (Å²) in [4.78, 5) is 2.84. The van der Waals surface area contributed by atoms with E-state index in [0.717, 1.165) is 12.1 Å². The molecule has 1 aromatic heterocycles. The van der Waals surface area contributed by atoms with Crippen LogP contribution in [0.25, 0.3) is 0 Å². The zero-order chi connectivity index (χ0) is 18.2. The van der Waals surface area contributed by atoms with E-state index in [-0.39, 0.29) is 17.2 Å². The van der Waals surface area contributed by atoms with E-state index >= 15 is 0 Å². The van der Waals surface area contributed by atoms with Crippen molar-refractivity contribution in [2.45, 2.75) is 17.2 Å². The highest BCUT2D eigenvalue weighted by Gasteiger charge is 2.43. The Morgan fingerprint density at radius 3 is 1.92 bits per heavy atom. The minimum Gasteiger partial charge on any atom is -0.263 e. The van der Waals surface area contributed by atoms with Crippen molar-refractivity contribution in [1.29, 1.82) is 0 Å². The molecule has 1 heterocycles. The number of aromatic nitrogens is 1. The lowest BCUT2D eigenvalue weighted by atomic mass is 10.1. The number of benzene rings is 1. The van der Waals surface area contributed by atoms with Gasteiger partial charge >= 0.3 is 12.4 Å². The molecule has 0 fully saturated rings. The van der Waals surface area contributed by atoms with Crippen LogP contribution in [0.3, 0.4) is 0 Å². The number of rotatable bonds is 3. The zero-order valence-corrected chi connectivity index (χ0v) is 12.3. The predicted octanol–water partition coefficient (Wildman–Crippen LogP) is 3.92. The van der Waals surface area contributed by atoms with E-state index in [4.69, 9.17) is 0 Å². The SMILES string of the molecule is O=S(=O)(Nc1cc(C(F)(F)F)c(C(F)(F)F)cn1)c1ccccc1. The van der Waals surface area contributed by atoms with Crippen LogP contribution in [0.1, 0.15) is 11.1 Å². The molecule has 11 heteroatoms. The highest BCUT2D eigenvalue weighted by molar-refractivity contribution is 7.92. The van der Waals surface area contributed by atoms with Crippen molar-refractivity contribution in [1.82, 2.24) is 4.98 Å². The third-order valence-corrected chi connectivity index (χ3v) is 4.18. The summed E-state index contributed by atoms with van der Waals surface area (Å²) in [5.74, 6) is -0.876. The molecule has 1 aromatic carbocycles. The van der Waals surface area contributed by atoms with Gasteiger partial charge in [0.15, 0.2) is 0 Å². The third kappa shape index (κ3) is 3.96. The van der Waals surface area contributed by atoms with E-state index in [2.05, 4.69) is 4.98 Å². The fourth-order valence-corrected chi connectivity index (χ4v) is 2.79. The third-order valence-electron chi connectivity index (χ3n) is 2.81. The molecule has 0 amide bonds. The number of pyridine rings is 1. The molecular formula is C13H8F6N2O2S. The lowest BCUT2D eigenvalue weighted by Crippen LogP contribution is -2.19. The maximum absolute atomic E-state index is 12.8. The predicted molar refractivity (Wildman–Crippen MR) is 71.5 cm³/mol. The topological polar surface area (TPSA) is 59.1 Å². The van der Waals surface area contributed by atoms with Gasteiger partial charge in [0.05, 0.1) is 16.0 Å². The van der Waals surface area contributed by atoms with Crippen LogP contribution in [0, 0.1) is 0 Å². The average Bonchev–Trinajstić information content (AvgIpc) is 2.45. The Balaban J connectivity index is 2.47. The molecule has 0 radical (unpaired) electrons. The molecule has 0 atom stereocenters. The molecule has 0 aliphatic carbocycles. The van der Waals surface area contributed by atoms with E-state index < -0.39 is 39.3 Å². The number of nitrogens with zero attached hydrogens (tertiary/aromatic N) is 1. The maximum atomic E-state index is 12.8. The van der Waals surface area contributed by atoms with Gasteiger partial charge in [-0.15, -0.1) is 0 Å². The second-order valence-electron chi connectivity index (χ2n) is 4.53. The second kappa shape index (κ2) is 5.96. The largest absolute Gasteiger partial charge is 0.418 e. The standard InChI is InChI=1S/C13H8F6N2O2S/c14-12(15,16)9-6-11(20-7-10(9)13(17,18)19)21-24(22,23)8-4-2-1-3-5-8/h1-7H,(H,20,21). The molecule has 0 aliphatic rings. The first-order valence-electron chi connectivity index (χ1n) is 6.13. The van der Waals surface area contributed by atoms with Crippen molar-refractivity contribution >= 4 is 15.8 Å². The van der Waals surface area contributed by atoms with E-state index in [1.165, 1.54) is 18.2 Å². The summed E-state index contributed by atoms with van der Waals surface area (Å²) in [6.45, 7) is 0. The minimum atomic E-state index is -5.33. The van der Waals surface area contributed by atoms with Gasteiger partial charge in [-0.2, -0.15) is 26.3 Å². The fraction of sp³-hybridized carbons (Fsp3) is 0.154. The first kappa shape index (κ1) is 18.0. The van der Waals surface area contributed by atoms with Crippen LogP contribution in [0.5, 0.6) is 0 Å². The number of nitrogens with one attached hydrogen (secondary N) is 1. The normalized spacial score (nSPS) is 12.9. The fourth-order valence-electron chi connectivity index (χ4n) is 1.77. The molecule has 2 aromatic rings. The lowest BCUT2D eigenvalue weighted by Gasteiger charge is -2.16. The van der Waals surface area contributed by atoms with Crippen LogP contribution in [-0.2, 0) is 22.4 Å². The van der Waals surface area contributed by atoms with Gasteiger partial charge in [-0.3, -0.25) is 4.72 Å². The Kier molecular flexibility index (Phi) is 4.48. The quantitative estimate of drug-likeness (QED) is 0.834. The van der Waals surface area contributed by atoms with E-state index in [1.54, 1.807) is 4.72 Å². The number of alkyl halides is 6. The number of halogens is 6. The number of hydrogen-bond acceptors (Lipinski definition) is 3. The van der Waals surface area contributed by atoms with Gasteiger partial charge in [0.1, 0.15) is 5.82 Å². The summed E-state index contributed by atoms with van der Waals surface area (Å²) < 4.78 is 102. The maximum Gasteiger partial charge on any atom is 0.418 e. The van der Waals surface area contributed by atoms with Crippen molar-refractivity contribution in [2.75, 3.05) is 4.72 Å². The Labute approximate surface area is 132 Å². The first-order chi connectivity index (χ1) is 10.9. The van der Waals surface area contributed by atoms with Crippen LogP contribution in [-0.4, -0.2) is 13.4 Å².